The quantitative estimate of drug-likeness (QED) is 0.666. The predicted molar refractivity (Wildman–Crippen MR) is 105 cm³/mol. The number of aryl methyl sites for hydroxylation is 1. The van der Waals surface area contributed by atoms with Crippen molar-refractivity contribution in [3.8, 4) is 11.5 Å². The lowest BCUT2D eigenvalue weighted by atomic mass is 10.1. The van der Waals surface area contributed by atoms with E-state index in [1.807, 2.05) is 0 Å². The molecule has 1 aromatic heterocycles. The highest BCUT2D eigenvalue weighted by Gasteiger charge is 2.20. The van der Waals surface area contributed by atoms with Crippen LogP contribution in [0.3, 0.4) is 0 Å². The van der Waals surface area contributed by atoms with Crippen molar-refractivity contribution in [1.82, 2.24) is 9.78 Å². The van der Waals surface area contributed by atoms with Crippen molar-refractivity contribution in [2.45, 2.75) is 13.5 Å². The van der Waals surface area contributed by atoms with Crippen LogP contribution in [0.25, 0.3) is 0 Å². The van der Waals surface area contributed by atoms with E-state index in [0.29, 0.717) is 27.9 Å². The van der Waals surface area contributed by atoms with Crippen LogP contribution in [0.5, 0.6) is 11.5 Å². The molecule has 1 amide bonds. The largest absolute Gasteiger partial charge is 0.496 e. The summed E-state index contributed by atoms with van der Waals surface area (Å²) in [5.74, 6) is 0.245. The Hall–Kier alpha value is -3.06. The van der Waals surface area contributed by atoms with Crippen molar-refractivity contribution < 1.29 is 18.7 Å². The van der Waals surface area contributed by atoms with Crippen molar-refractivity contribution in [3.05, 3.63) is 70.1 Å². The molecule has 0 aliphatic carbocycles. The molecule has 0 saturated carbocycles. The number of methoxy groups -OCH3 is 2. The molecule has 0 bridgehead atoms. The summed E-state index contributed by atoms with van der Waals surface area (Å²) in [7, 11) is 2.95. The third-order valence-electron chi connectivity index (χ3n) is 4.25. The van der Waals surface area contributed by atoms with Crippen molar-refractivity contribution in [1.29, 1.82) is 0 Å². The monoisotopic (exact) mass is 403 g/mol. The number of hydrogen-bond donors (Lipinski definition) is 1. The van der Waals surface area contributed by atoms with Gasteiger partial charge >= 0.3 is 0 Å². The molecule has 0 radical (unpaired) electrons. The molecule has 146 valence electrons. The minimum absolute atomic E-state index is 0.144. The first-order chi connectivity index (χ1) is 13.4. The summed E-state index contributed by atoms with van der Waals surface area (Å²) >= 11 is 6.09. The van der Waals surface area contributed by atoms with Gasteiger partial charge in [-0.05, 0) is 31.2 Å². The Kier molecular flexibility index (Phi) is 5.84. The third kappa shape index (κ3) is 3.94. The summed E-state index contributed by atoms with van der Waals surface area (Å²) in [5, 5.41) is 7.39. The van der Waals surface area contributed by atoms with E-state index < -0.39 is 11.7 Å². The molecule has 0 aliphatic rings. The topological polar surface area (TPSA) is 65.4 Å². The maximum atomic E-state index is 14.0. The average Bonchev–Trinajstić information content (AvgIpc) is 3.02. The molecule has 0 aliphatic heterocycles. The van der Waals surface area contributed by atoms with Crippen LogP contribution in [0.2, 0.25) is 5.02 Å². The lowest BCUT2D eigenvalue weighted by Crippen LogP contribution is -2.15. The van der Waals surface area contributed by atoms with Crippen LogP contribution in [0.4, 0.5) is 10.2 Å². The zero-order valence-electron chi connectivity index (χ0n) is 15.6. The van der Waals surface area contributed by atoms with Gasteiger partial charge in [-0.1, -0.05) is 23.7 Å². The van der Waals surface area contributed by atoms with Gasteiger partial charge in [0.2, 0.25) is 0 Å². The van der Waals surface area contributed by atoms with E-state index in [-0.39, 0.29) is 12.1 Å². The zero-order valence-corrected chi connectivity index (χ0v) is 16.4. The van der Waals surface area contributed by atoms with Gasteiger partial charge in [-0.15, -0.1) is 0 Å². The van der Waals surface area contributed by atoms with E-state index in [1.54, 1.807) is 48.0 Å². The molecule has 28 heavy (non-hydrogen) atoms. The Morgan fingerprint density at radius 1 is 1.18 bits per heavy atom. The maximum Gasteiger partial charge on any atom is 0.264 e. The van der Waals surface area contributed by atoms with Crippen LogP contribution in [0.1, 0.15) is 21.6 Å². The number of benzene rings is 2. The number of hydrogen-bond acceptors (Lipinski definition) is 4. The number of carbonyl (C=O) groups is 1. The summed E-state index contributed by atoms with van der Waals surface area (Å²) in [6.45, 7) is 1.95. The van der Waals surface area contributed by atoms with Gasteiger partial charge in [0.05, 0.1) is 20.8 Å². The second kappa shape index (κ2) is 8.31. The van der Waals surface area contributed by atoms with Crippen molar-refractivity contribution in [2.24, 2.45) is 0 Å². The second-order valence-electron chi connectivity index (χ2n) is 6.02. The molecule has 3 rings (SSSR count). The Balaban J connectivity index is 1.86. The van der Waals surface area contributed by atoms with Gasteiger partial charge in [0.15, 0.2) is 5.82 Å². The number of anilines is 1. The number of rotatable bonds is 6. The van der Waals surface area contributed by atoms with E-state index in [2.05, 4.69) is 10.4 Å². The lowest BCUT2D eigenvalue weighted by Gasteiger charge is -2.12. The average molecular weight is 404 g/mol. The molecule has 0 unspecified atom stereocenters. The van der Waals surface area contributed by atoms with Gasteiger partial charge in [-0.3, -0.25) is 9.48 Å². The number of nitrogens with one attached hydrogen (secondary N) is 1. The first-order valence-corrected chi connectivity index (χ1v) is 8.82. The number of carbonyl (C=O) groups excluding carboxylic acids is 1. The number of nitrogens with zero attached hydrogens (tertiary/aromatic N) is 2. The van der Waals surface area contributed by atoms with Crippen molar-refractivity contribution >= 4 is 23.3 Å². The molecule has 3 aromatic rings. The van der Waals surface area contributed by atoms with Gasteiger partial charge in [0.1, 0.15) is 22.9 Å². The van der Waals surface area contributed by atoms with Gasteiger partial charge in [0, 0.05) is 22.3 Å². The highest BCUT2D eigenvalue weighted by Crippen LogP contribution is 2.29. The molecule has 2 aromatic carbocycles. The highest BCUT2D eigenvalue weighted by atomic mass is 35.5. The summed E-state index contributed by atoms with van der Waals surface area (Å²) in [6, 6.07) is 11.3. The molecule has 1 N–H and O–H groups in total. The fraction of sp³-hybridized carbons (Fsp3) is 0.200. The van der Waals surface area contributed by atoms with Gasteiger partial charge in [-0.25, -0.2) is 4.39 Å². The number of ether oxygens (including phenoxy) is 2. The summed E-state index contributed by atoms with van der Waals surface area (Å²) in [5.41, 5.74) is 1.33. The predicted octanol–water partition coefficient (Wildman–Crippen LogP) is 4.30. The first-order valence-electron chi connectivity index (χ1n) is 8.44. The van der Waals surface area contributed by atoms with Crippen LogP contribution >= 0.6 is 11.6 Å². The minimum atomic E-state index is -0.428. The Morgan fingerprint density at radius 2 is 1.82 bits per heavy atom. The molecular formula is C20H19ClFN3O3. The molecule has 0 fully saturated rings. The highest BCUT2D eigenvalue weighted by molar-refractivity contribution is 6.31. The standard InChI is InChI=1S/C20H19ClFN3O3/c1-12-10-18(24-25(12)11-13-14(21)6-4-7-15(13)22)23-20(26)19-16(27-2)8-5-9-17(19)28-3/h4-10H,11H2,1-3H3,(H,23,24,26). The van der Waals surface area contributed by atoms with Crippen LogP contribution in [0.15, 0.2) is 42.5 Å². The van der Waals surface area contributed by atoms with Crippen LogP contribution < -0.4 is 14.8 Å². The molecule has 8 heteroatoms. The van der Waals surface area contributed by atoms with E-state index in [1.165, 1.54) is 20.3 Å². The Bertz CT molecular complexity index is 977. The van der Waals surface area contributed by atoms with Crippen molar-refractivity contribution in [2.75, 3.05) is 19.5 Å². The smallest absolute Gasteiger partial charge is 0.264 e. The molecule has 0 atom stereocenters. The molecule has 0 spiro atoms. The SMILES string of the molecule is COc1cccc(OC)c1C(=O)Nc1cc(C)n(Cc2c(F)cccc2Cl)n1. The van der Waals surface area contributed by atoms with Crippen LogP contribution in [-0.4, -0.2) is 29.9 Å². The fourth-order valence-electron chi connectivity index (χ4n) is 2.82. The Labute approximate surface area is 166 Å². The normalized spacial score (nSPS) is 10.6. The number of aromatic nitrogens is 2. The molecule has 6 nitrogen and oxygen atoms in total. The van der Waals surface area contributed by atoms with Gasteiger partial charge < -0.3 is 14.8 Å². The van der Waals surface area contributed by atoms with E-state index in [0.717, 1.165) is 5.69 Å². The zero-order chi connectivity index (χ0) is 20.3. The van der Waals surface area contributed by atoms with Crippen LogP contribution in [-0.2, 0) is 6.54 Å². The van der Waals surface area contributed by atoms with Crippen LogP contribution in [0, 0.1) is 12.7 Å². The first kappa shape index (κ1) is 19.7. The summed E-state index contributed by atoms with van der Waals surface area (Å²) < 4.78 is 26.1. The molecular weight excluding hydrogens is 385 g/mol. The van der Waals surface area contributed by atoms with Crippen molar-refractivity contribution in [3.63, 3.8) is 0 Å². The van der Waals surface area contributed by atoms with Gasteiger partial charge in [0.25, 0.3) is 5.91 Å². The Morgan fingerprint density at radius 3 is 2.43 bits per heavy atom. The molecule has 0 saturated heterocycles. The number of halogens is 2. The second-order valence-corrected chi connectivity index (χ2v) is 6.43. The molecule has 1 heterocycles. The fourth-order valence-corrected chi connectivity index (χ4v) is 3.04. The number of amides is 1. The summed E-state index contributed by atoms with van der Waals surface area (Å²) in [4.78, 5) is 12.8. The maximum absolute atomic E-state index is 14.0. The lowest BCUT2D eigenvalue weighted by molar-refractivity contribution is 0.102. The van der Waals surface area contributed by atoms with E-state index >= 15 is 0 Å². The van der Waals surface area contributed by atoms with E-state index in [4.69, 9.17) is 21.1 Å². The third-order valence-corrected chi connectivity index (χ3v) is 4.60. The van der Waals surface area contributed by atoms with E-state index in [9.17, 15) is 9.18 Å². The minimum Gasteiger partial charge on any atom is -0.496 e. The van der Waals surface area contributed by atoms with Gasteiger partial charge in [-0.2, -0.15) is 5.10 Å². The summed E-state index contributed by atoms with van der Waals surface area (Å²) in [6.07, 6.45) is 0.